The maximum Gasteiger partial charge on any atom is 0.0702 e. The standard InChI is InChI=1S/C17H19NO/c19-13-15-9-4-5-10-17(15)18-12-6-11-16(18)14-7-2-1-3-8-14/h1-5,7-10,16,19H,6,11-13H2. The third-order valence-electron chi connectivity index (χ3n) is 3.91. The molecule has 1 N–H and O–H groups in total. The maximum absolute atomic E-state index is 9.51. The van der Waals surface area contributed by atoms with Crippen LogP contribution in [0, 0.1) is 0 Å². The van der Waals surface area contributed by atoms with E-state index in [1.54, 1.807) is 0 Å². The first kappa shape index (κ1) is 12.2. The van der Waals surface area contributed by atoms with Gasteiger partial charge in [-0.25, -0.2) is 0 Å². The van der Waals surface area contributed by atoms with E-state index in [0.29, 0.717) is 6.04 Å². The second kappa shape index (κ2) is 5.45. The van der Waals surface area contributed by atoms with Gasteiger partial charge >= 0.3 is 0 Å². The average molecular weight is 253 g/mol. The smallest absolute Gasteiger partial charge is 0.0702 e. The van der Waals surface area contributed by atoms with E-state index < -0.39 is 0 Å². The van der Waals surface area contributed by atoms with Gasteiger partial charge < -0.3 is 10.0 Å². The van der Waals surface area contributed by atoms with Gasteiger partial charge in [-0.05, 0) is 24.5 Å². The van der Waals surface area contributed by atoms with Gasteiger partial charge in [-0.3, -0.25) is 0 Å². The van der Waals surface area contributed by atoms with Crippen molar-refractivity contribution in [1.82, 2.24) is 0 Å². The van der Waals surface area contributed by atoms with Crippen LogP contribution in [0.5, 0.6) is 0 Å². The largest absolute Gasteiger partial charge is 0.392 e. The zero-order valence-electron chi connectivity index (χ0n) is 11.0. The Hall–Kier alpha value is -1.80. The average Bonchev–Trinajstić information content (AvgIpc) is 2.97. The molecule has 1 aliphatic rings. The van der Waals surface area contributed by atoms with Crippen LogP contribution in [0.2, 0.25) is 0 Å². The molecule has 0 radical (unpaired) electrons. The Labute approximate surface area is 114 Å². The van der Waals surface area contributed by atoms with Gasteiger partial charge in [0.1, 0.15) is 0 Å². The van der Waals surface area contributed by atoms with E-state index in [2.05, 4.69) is 47.4 Å². The lowest BCUT2D eigenvalue weighted by Gasteiger charge is -2.29. The molecule has 1 fully saturated rings. The van der Waals surface area contributed by atoms with Crippen LogP contribution in [-0.2, 0) is 6.61 Å². The first-order chi connectivity index (χ1) is 9.40. The number of benzene rings is 2. The Bertz CT molecular complexity index is 538. The van der Waals surface area contributed by atoms with Crippen molar-refractivity contribution in [3.8, 4) is 0 Å². The van der Waals surface area contributed by atoms with Crippen LogP contribution in [0.1, 0.15) is 30.0 Å². The zero-order chi connectivity index (χ0) is 13.1. The topological polar surface area (TPSA) is 23.5 Å². The van der Waals surface area contributed by atoms with E-state index in [1.807, 2.05) is 12.1 Å². The highest BCUT2D eigenvalue weighted by Crippen LogP contribution is 2.37. The minimum absolute atomic E-state index is 0.105. The fourth-order valence-electron chi connectivity index (χ4n) is 3.00. The van der Waals surface area contributed by atoms with Gasteiger partial charge in [0.15, 0.2) is 0 Å². The van der Waals surface area contributed by atoms with Crippen molar-refractivity contribution in [2.75, 3.05) is 11.4 Å². The molecule has 1 aliphatic heterocycles. The second-order valence-electron chi connectivity index (χ2n) is 5.05. The SMILES string of the molecule is OCc1ccccc1N1CCCC1c1ccccc1. The van der Waals surface area contributed by atoms with Crippen molar-refractivity contribution in [3.05, 3.63) is 65.7 Å². The molecule has 2 aromatic rings. The number of nitrogens with zero attached hydrogens (tertiary/aromatic N) is 1. The summed E-state index contributed by atoms with van der Waals surface area (Å²) in [6, 6.07) is 19.3. The lowest BCUT2D eigenvalue weighted by molar-refractivity contribution is 0.282. The lowest BCUT2D eigenvalue weighted by Crippen LogP contribution is -2.23. The normalized spacial score (nSPS) is 18.8. The number of para-hydroxylation sites is 1. The third-order valence-corrected chi connectivity index (χ3v) is 3.91. The van der Waals surface area contributed by atoms with Crippen molar-refractivity contribution in [2.45, 2.75) is 25.5 Å². The molecule has 2 heteroatoms. The molecule has 1 saturated heterocycles. The summed E-state index contributed by atoms with van der Waals surface area (Å²) in [5.41, 5.74) is 3.56. The molecule has 98 valence electrons. The molecular weight excluding hydrogens is 234 g/mol. The summed E-state index contributed by atoms with van der Waals surface area (Å²) >= 11 is 0. The van der Waals surface area contributed by atoms with E-state index in [1.165, 1.54) is 24.1 Å². The highest BCUT2D eigenvalue weighted by Gasteiger charge is 2.27. The summed E-state index contributed by atoms with van der Waals surface area (Å²) in [6.45, 7) is 1.17. The van der Waals surface area contributed by atoms with Crippen LogP contribution in [0.25, 0.3) is 0 Å². The predicted octanol–water partition coefficient (Wildman–Crippen LogP) is 3.52. The van der Waals surface area contributed by atoms with Crippen LogP contribution in [0.4, 0.5) is 5.69 Å². The summed E-state index contributed by atoms with van der Waals surface area (Å²) in [5, 5.41) is 9.51. The summed E-state index contributed by atoms with van der Waals surface area (Å²) in [4.78, 5) is 2.43. The van der Waals surface area contributed by atoms with Gasteiger partial charge in [0, 0.05) is 17.8 Å². The van der Waals surface area contributed by atoms with Crippen molar-refractivity contribution >= 4 is 5.69 Å². The molecular formula is C17H19NO. The molecule has 1 atom stereocenters. The van der Waals surface area contributed by atoms with E-state index >= 15 is 0 Å². The van der Waals surface area contributed by atoms with Crippen LogP contribution >= 0.6 is 0 Å². The van der Waals surface area contributed by atoms with Gasteiger partial charge in [0.2, 0.25) is 0 Å². The van der Waals surface area contributed by atoms with Crippen LogP contribution in [0.15, 0.2) is 54.6 Å². The van der Waals surface area contributed by atoms with Crippen molar-refractivity contribution in [1.29, 1.82) is 0 Å². The van der Waals surface area contributed by atoms with E-state index in [-0.39, 0.29) is 6.61 Å². The molecule has 3 rings (SSSR count). The fourth-order valence-corrected chi connectivity index (χ4v) is 3.00. The van der Waals surface area contributed by atoms with Gasteiger partial charge in [-0.1, -0.05) is 48.5 Å². The Morgan fingerprint density at radius 2 is 1.74 bits per heavy atom. The van der Waals surface area contributed by atoms with Gasteiger partial charge in [-0.2, -0.15) is 0 Å². The van der Waals surface area contributed by atoms with E-state index in [4.69, 9.17) is 0 Å². The molecule has 0 aromatic heterocycles. The van der Waals surface area contributed by atoms with Crippen molar-refractivity contribution < 1.29 is 5.11 Å². The Morgan fingerprint density at radius 3 is 2.53 bits per heavy atom. The molecule has 1 heterocycles. The Balaban J connectivity index is 1.95. The zero-order valence-corrected chi connectivity index (χ0v) is 11.0. The summed E-state index contributed by atoms with van der Waals surface area (Å²) < 4.78 is 0. The van der Waals surface area contributed by atoms with Crippen LogP contribution < -0.4 is 4.90 Å². The number of aliphatic hydroxyl groups excluding tert-OH is 1. The monoisotopic (exact) mass is 253 g/mol. The molecule has 2 nitrogen and oxygen atoms in total. The van der Waals surface area contributed by atoms with Gasteiger partial charge in [-0.15, -0.1) is 0 Å². The predicted molar refractivity (Wildman–Crippen MR) is 78.1 cm³/mol. The highest BCUT2D eigenvalue weighted by molar-refractivity contribution is 5.56. The van der Waals surface area contributed by atoms with E-state index in [9.17, 15) is 5.11 Å². The first-order valence-electron chi connectivity index (χ1n) is 6.90. The molecule has 0 saturated carbocycles. The minimum atomic E-state index is 0.105. The highest BCUT2D eigenvalue weighted by atomic mass is 16.3. The Kier molecular flexibility index (Phi) is 3.51. The minimum Gasteiger partial charge on any atom is -0.392 e. The van der Waals surface area contributed by atoms with E-state index in [0.717, 1.165) is 12.1 Å². The van der Waals surface area contributed by atoms with Crippen LogP contribution in [-0.4, -0.2) is 11.7 Å². The van der Waals surface area contributed by atoms with Crippen molar-refractivity contribution in [2.24, 2.45) is 0 Å². The molecule has 1 unspecified atom stereocenters. The van der Waals surface area contributed by atoms with Crippen LogP contribution in [0.3, 0.4) is 0 Å². The number of hydrogen-bond donors (Lipinski definition) is 1. The molecule has 0 amide bonds. The second-order valence-corrected chi connectivity index (χ2v) is 5.05. The maximum atomic E-state index is 9.51. The first-order valence-corrected chi connectivity index (χ1v) is 6.90. The van der Waals surface area contributed by atoms with Gasteiger partial charge in [0.05, 0.1) is 12.6 Å². The fraction of sp³-hybridized carbons (Fsp3) is 0.294. The third kappa shape index (κ3) is 2.36. The van der Waals surface area contributed by atoms with Gasteiger partial charge in [0.25, 0.3) is 0 Å². The number of anilines is 1. The number of aliphatic hydroxyl groups is 1. The number of rotatable bonds is 3. The summed E-state index contributed by atoms with van der Waals surface area (Å²) in [7, 11) is 0. The Morgan fingerprint density at radius 1 is 1.00 bits per heavy atom. The summed E-state index contributed by atoms with van der Waals surface area (Å²) in [5.74, 6) is 0. The summed E-state index contributed by atoms with van der Waals surface area (Å²) in [6.07, 6.45) is 2.39. The molecule has 19 heavy (non-hydrogen) atoms. The molecule has 0 aliphatic carbocycles. The van der Waals surface area contributed by atoms with Crippen molar-refractivity contribution in [3.63, 3.8) is 0 Å². The molecule has 0 spiro atoms. The quantitative estimate of drug-likeness (QED) is 0.904. The lowest BCUT2D eigenvalue weighted by atomic mass is 10.0. The molecule has 0 bridgehead atoms. The molecule has 2 aromatic carbocycles. The number of hydrogen-bond acceptors (Lipinski definition) is 2.